The summed E-state index contributed by atoms with van der Waals surface area (Å²) in [6.07, 6.45) is -3.11. The molecular weight excluding hydrogens is 209 g/mol. The van der Waals surface area contributed by atoms with E-state index in [9.17, 15) is 13.2 Å². The van der Waals surface area contributed by atoms with E-state index >= 15 is 0 Å². The van der Waals surface area contributed by atoms with E-state index in [1.165, 1.54) is 6.20 Å². The number of H-pyrrole nitrogens is 1. The average molecular weight is 216 g/mol. The molecule has 2 rings (SSSR count). The molecule has 0 aliphatic rings. The molecule has 3 nitrogen and oxygen atoms in total. The van der Waals surface area contributed by atoms with E-state index in [2.05, 4.69) is 10.2 Å². The van der Waals surface area contributed by atoms with Crippen LogP contribution in [0, 0.1) is 0 Å². The van der Waals surface area contributed by atoms with Crippen LogP contribution in [-0.2, 0) is 12.8 Å². The standard InChI is InChI=1S/C9H7F3N2O/c10-9(11,12)7-1-5-3-13-14-8(5)6(2-7)4-15/h1-3,15H,4H2,(H,13,14). The zero-order chi connectivity index (χ0) is 11.1. The summed E-state index contributed by atoms with van der Waals surface area (Å²) in [6, 6.07) is 1.92. The van der Waals surface area contributed by atoms with Crippen molar-refractivity contribution in [2.75, 3.05) is 0 Å². The summed E-state index contributed by atoms with van der Waals surface area (Å²) in [7, 11) is 0. The normalized spacial score (nSPS) is 12.3. The Kier molecular flexibility index (Phi) is 2.15. The number of fused-ring (bicyclic) bond motifs is 1. The fraction of sp³-hybridized carbons (Fsp3) is 0.222. The van der Waals surface area contributed by atoms with Gasteiger partial charge in [-0.05, 0) is 12.1 Å². The number of aromatic amines is 1. The highest BCUT2D eigenvalue weighted by Gasteiger charge is 2.31. The molecule has 6 heteroatoms. The Hall–Kier alpha value is -1.56. The van der Waals surface area contributed by atoms with Gasteiger partial charge in [-0.2, -0.15) is 18.3 Å². The highest BCUT2D eigenvalue weighted by molar-refractivity contribution is 5.82. The smallest absolute Gasteiger partial charge is 0.392 e. The molecule has 1 heterocycles. The zero-order valence-electron chi connectivity index (χ0n) is 7.47. The van der Waals surface area contributed by atoms with Gasteiger partial charge in [-0.1, -0.05) is 0 Å². The minimum absolute atomic E-state index is 0.192. The van der Waals surface area contributed by atoms with Crippen LogP contribution in [0.15, 0.2) is 18.3 Å². The third-order valence-electron chi connectivity index (χ3n) is 2.13. The number of alkyl halides is 3. The van der Waals surface area contributed by atoms with Crippen molar-refractivity contribution in [3.05, 3.63) is 29.5 Å². The number of hydrogen-bond acceptors (Lipinski definition) is 2. The van der Waals surface area contributed by atoms with Gasteiger partial charge < -0.3 is 5.11 Å². The van der Waals surface area contributed by atoms with E-state index in [0.29, 0.717) is 10.9 Å². The maximum Gasteiger partial charge on any atom is 0.416 e. The fourth-order valence-electron chi connectivity index (χ4n) is 1.42. The van der Waals surface area contributed by atoms with E-state index < -0.39 is 18.3 Å². The van der Waals surface area contributed by atoms with E-state index in [1.54, 1.807) is 0 Å². The number of rotatable bonds is 1. The molecule has 80 valence electrons. The van der Waals surface area contributed by atoms with Crippen molar-refractivity contribution in [1.29, 1.82) is 0 Å². The highest BCUT2D eigenvalue weighted by Crippen LogP contribution is 2.32. The Morgan fingerprint density at radius 1 is 1.33 bits per heavy atom. The van der Waals surface area contributed by atoms with Gasteiger partial charge >= 0.3 is 6.18 Å². The molecule has 0 aliphatic carbocycles. The minimum atomic E-state index is -4.41. The molecular formula is C9H7F3N2O. The molecule has 1 aromatic heterocycles. The Labute approximate surface area is 82.5 Å². The summed E-state index contributed by atoms with van der Waals surface area (Å²) in [4.78, 5) is 0. The maximum absolute atomic E-state index is 12.4. The Morgan fingerprint density at radius 2 is 2.07 bits per heavy atom. The predicted octanol–water partition coefficient (Wildman–Crippen LogP) is 2.07. The van der Waals surface area contributed by atoms with Crippen LogP contribution in [0.5, 0.6) is 0 Å². The number of halogens is 3. The summed E-state index contributed by atoms with van der Waals surface area (Å²) in [5.74, 6) is 0. The largest absolute Gasteiger partial charge is 0.416 e. The molecule has 1 aromatic carbocycles. The summed E-state index contributed by atoms with van der Waals surface area (Å²) >= 11 is 0. The predicted molar refractivity (Wildman–Crippen MR) is 47.0 cm³/mol. The SMILES string of the molecule is OCc1cc(C(F)(F)F)cc2cn[nH]c12. The average Bonchev–Trinajstić information content (AvgIpc) is 2.62. The fourth-order valence-corrected chi connectivity index (χ4v) is 1.42. The van der Waals surface area contributed by atoms with Crippen LogP contribution in [-0.4, -0.2) is 15.3 Å². The lowest BCUT2D eigenvalue weighted by Gasteiger charge is -2.08. The van der Waals surface area contributed by atoms with Gasteiger partial charge in [-0.3, -0.25) is 5.10 Å². The number of aliphatic hydroxyl groups excluding tert-OH is 1. The highest BCUT2D eigenvalue weighted by atomic mass is 19.4. The Balaban J connectivity index is 2.69. The van der Waals surface area contributed by atoms with Gasteiger partial charge in [0.1, 0.15) is 0 Å². The number of benzene rings is 1. The molecule has 0 atom stereocenters. The second-order valence-electron chi connectivity index (χ2n) is 3.13. The van der Waals surface area contributed by atoms with Crippen molar-refractivity contribution in [2.24, 2.45) is 0 Å². The van der Waals surface area contributed by atoms with Crippen LogP contribution in [0.25, 0.3) is 10.9 Å². The van der Waals surface area contributed by atoms with E-state index in [1.807, 2.05) is 0 Å². The first kappa shape index (κ1) is 9.97. The van der Waals surface area contributed by atoms with Crippen LogP contribution < -0.4 is 0 Å². The molecule has 2 N–H and O–H groups in total. The second kappa shape index (κ2) is 3.23. The van der Waals surface area contributed by atoms with Crippen molar-refractivity contribution < 1.29 is 18.3 Å². The van der Waals surface area contributed by atoms with Gasteiger partial charge in [0.05, 0.1) is 23.9 Å². The van der Waals surface area contributed by atoms with Crippen molar-refractivity contribution in [2.45, 2.75) is 12.8 Å². The number of nitrogens with zero attached hydrogens (tertiary/aromatic N) is 1. The third-order valence-corrected chi connectivity index (χ3v) is 2.13. The Morgan fingerprint density at radius 3 is 2.67 bits per heavy atom. The number of hydrogen-bond donors (Lipinski definition) is 2. The molecule has 0 unspecified atom stereocenters. The quantitative estimate of drug-likeness (QED) is 0.766. The third kappa shape index (κ3) is 1.68. The van der Waals surface area contributed by atoms with Gasteiger partial charge in [0, 0.05) is 10.9 Å². The molecule has 0 saturated carbocycles. The molecule has 15 heavy (non-hydrogen) atoms. The Bertz CT molecular complexity index is 490. The number of nitrogens with one attached hydrogen (secondary N) is 1. The van der Waals surface area contributed by atoms with Gasteiger partial charge in [-0.15, -0.1) is 0 Å². The molecule has 0 spiro atoms. The maximum atomic E-state index is 12.4. The first-order valence-electron chi connectivity index (χ1n) is 4.16. The summed E-state index contributed by atoms with van der Waals surface area (Å²) < 4.78 is 37.3. The number of aliphatic hydroxyl groups is 1. The van der Waals surface area contributed by atoms with Crippen LogP contribution >= 0.6 is 0 Å². The first-order chi connectivity index (χ1) is 7.02. The summed E-state index contributed by atoms with van der Waals surface area (Å²) in [5, 5.41) is 15.4. The van der Waals surface area contributed by atoms with Crippen LogP contribution in [0.4, 0.5) is 13.2 Å². The van der Waals surface area contributed by atoms with E-state index in [4.69, 9.17) is 5.11 Å². The van der Waals surface area contributed by atoms with Crippen LogP contribution in [0.1, 0.15) is 11.1 Å². The van der Waals surface area contributed by atoms with E-state index in [0.717, 1.165) is 12.1 Å². The molecule has 2 aromatic rings. The van der Waals surface area contributed by atoms with Gasteiger partial charge in [-0.25, -0.2) is 0 Å². The lowest BCUT2D eigenvalue weighted by Crippen LogP contribution is -2.05. The van der Waals surface area contributed by atoms with Gasteiger partial charge in [0.2, 0.25) is 0 Å². The lowest BCUT2D eigenvalue weighted by molar-refractivity contribution is -0.137. The summed E-state index contributed by atoms with van der Waals surface area (Å²) in [6.45, 7) is -0.456. The van der Waals surface area contributed by atoms with E-state index in [-0.39, 0.29) is 5.56 Å². The van der Waals surface area contributed by atoms with Crippen molar-refractivity contribution >= 4 is 10.9 Å². The first-order valence-corrected chi connectivity index (χ1v) is 4.16. The minimum Gasteiger partial charge on any atom is -0.392 e. The topological polar surface area (TPSA) is 48.9 Å². The van der Waals surface area contributed by atoms with Crippen LogP contribution in [0.3, 0.4) is 0 Å². The van der Waals surface area contributed by atoms with Crippen molar-refractivity contribution in [1.82, 2.24) is 10.2 Å². The van der Waals surface area contributed by atoms with Crippen molar-refractivity contribution in [3.8, 4) is 0 Å². The molecule has 0 saturated heterocycles. The molecule has 0 fully saturated rings. The molecule has 0 amide bonds. The lowest BCUT2D eigenvalue weighted by atomic mass is 10.1. The summed E-state index contributed by atoms with van der Waals surface area (Å²) in [5.41, 5.74) is -0.150. The van der Waals surface area contributed by atoms with Crippen LogP contribution in [0.2, 0.25) is 0 Å². The van der Waals surface area contributed by atoms with Crippen molar-refractivity contribution in [3.63, 3.8) is 0 Å². The molecule has 0 radical (unpaired) electrons. The zero-order valence-corrected chi connectivity index (χ0v) is 7.47. The second-order valence-corrected chi connectivity index (χ2v) is 3.13. The molecule has 0 aliphatic heterocycles. The monoisotopic (exact) mass is 216 g/mol. The molecule has 0 bridgehead atoms. The van der Waals surface area contributed by atoms with Gasteiger partial charge in [0.15, 0.2) is 0 Å². The number of aromatic nitrogens is 2. The van der Waals surface area contributed by atoms with Gasteiger partial charge in [0.25, 0.3) is 0 Å².